The Labute approximate surface area is 88.3 Å². The van der Waals surface area contributed by atoms with Crippen LogP contribution in [-0.2, 0) is 9.59 Å². The van der Waals surface area contributed by atoms with Gasteiger partial charge in [-0.1, -0.05) is 15.9 Å². The molecule has 0 fully saturated rings. The number of carbonyl (C=O) groups is 2. The van der Waals surface area contributed by atoms with Gasteiger partial charge in [0.25, 0.3) is 0 Å². The molecule has 0 heterocycles. The molecule has 0 saturated heterocycles. The topological polar surface area (TPSA) is 34.1 Å². The molecule has 0 amide bonds. The van der Waals surface area contributed by atoms with Crippen molar-refractivity contribution in [3.8, 4) is 0 Å². The molecule has 0 saturated carbocycles. The summed E-state index contributed by atoms with van der Waals surface area (Å²) in [6.45, 7) is 1.52. The highest BCUT2D eigenvalue weighted by atomic mass is 79.9. The Kier molecular flexibility index (Phi) is 11.4. The van der Waals surface area contributed by atoms with Crippen molar-refractivity contribution in [2.24, 2.45) is 0 Å². The van der Waals surface area contributed by atoms with Crippen LogP contribution in [0.5, 0.6) is 0 Å². The first-order chi connectivity index (χ1) is 4.91. The van der Waals surface area contributed by atoms with Gasteiger partial charge in [-0.15, -0.1) is 11.6 Å². The van der Waals surface area contributed by atoms with Crippen LogP contribution in [0.15, 0.2) is 0 Å². The second kappa shape index (κ2) is 8.78. The van der Waals surface area contributed by atoms with Gasteiger partial charge in [0.05, 0.1) is 5.33 Å². The standard InChI is InChI=1S/C3H4Cl2O.C2H2BrClO/c1-2(4)3(5)6;3-1-2(4)5/h2H,1H3;1H2. The maximum Gasteiger partial charge on any atom is 0.239 e. The maximum absolute atomic E-state index is 9.78. The summed E-state index contributed by atoms with van der Waals surface area (Å²) >= 11 is 17.6. The average Bonchev–Trinajstić information content (AvgIpc) is 1.89. The predicted octanol–water partition coefficient (Wildman–Crippen LogP) is 2.53. The Hall–Kier alpha value is 0.690. The molecule has 0 aromatic carbocycles. The zero-order valence-corrected chi connectivity index (χ0v) is 9.47. The minimum atomic E-state index is -0.549. The SMILES string of the molecule is CC(Cl)C(=O)Cl.O=C(Cl)CBr. The van der Waals surface area contributed by atoms with Crippen LogP contribution >= 0.6 is 50.7 Å². The van der Waals surface area contributed by atoms with E-state index in [1.54, 1.807) is 0 Å². The van der Waals surface area contributed by atoms with Gasteiger partial charge in [0.2, 0.25) is 10.5 Å². The Balaban J connectivity index is 0. The van der Waals surface area contributed by atoms with Crippen LogP contribution in [0.1, 0.15) is 6.92 Å². The van der Waals surface area contributed by atoms with Gasteiger partial charge >= 0.3 is 0 Å². The molecule has 2 nitrogen and oxygen atoms in total. The van der Waals surface area contributed by atoms with E-state index in [0.29, 0.717) is 0 Å². The summed E-state index contributed by atoms with van der Waals surface area (Å²) in [7, 11) is 0. The van der Waals surface area contributed by atoms with Gasteiger partial charge < -0.3 is 0 Å². The molecular formula is C5H6BrCl3O2. The van der Waals surface area contributed by atoms with E-state index in [0.717, 1.165) is 0 Å². The number of carbonyl (C=O) groups excluding carboxylic acids is 2. The highest BCUT2D eigenvalue weighted by molar-refractivity contribution is 9.09. The van der Waals surface area contributed by atoms with E-state index >= 15 is 0 Å². The molecule has 0 spiro atoms. The largest absolute Gasteiger partial charge is 0.280 e. The second-order valence-corrected chi connectivity index (χ2v) is 3.42. The molecule has 1 unspecified atom stereocenters. The Morgan fingerprint density at radius 2 is 1.64 bits per heavy atom. The van der Waals surface area contributed by atoms with Gasteiger partial charge in [-0.2, -0.15) is 0 Å². The molecule has 0 aromatic rings. The maximum atomic E-state index is 9.78. The molecule has 6 heteroatoms. The molecular weight excluding hydrogens is 278 g/mol. The molecule has 0 rings (SSSR count). The fourth-order valence-corrected chi connectivity index (χ4v) is 0. The zero-order chi connectivity index (χ0) is 9.44. The summed E-state index contributed by atoms with van der Waals surface area (Å²) in [5, 5.41) is -1.16. The summed E-state index contributed by atoms with van der Waals surface area (Å²) in [5.74, 6) is 0. The van der Waals surface area contributed by atoms with E-state index in [2.05, 4.69) is 15.9 Å². The van der Waals surface area contributed by atoms with Crippen LogP contribution in [0.4, 0.5) is 0 Å². The molecule has 0 aliphatic heterocycles. The third kappa shape index (κ3) is 18.0. The Morgan fingerprint density at radius 3 is 1.64 bits per heavy atom. The lowest BCUT2D eigenvalue weighted by molar-refractivity contribution is -0.111. The molecule has 0 N–H and O–H groups in total. The van der Waals surface area contributed by atoms with Crippen LogP contribution in [0.2, 0.25) is 0 Å². The summed E-state index contributed by atoms with van der Waals surface area (Å²) in [4.78, 5) is 19.3. The van der Waals surface area contributed by atoms with Gasteiger partial charge in [0.1, 0.15) is 5.38 Å². The van der Waals surface area contributed by atoms with E-state index in [1.165, 1.54) is 6.92 Å². The lowest BCUT2D eigenvalue weighted by Crippen LogP contribution is -1.99. The smallest absolute Gasteiger partial charge is 0.239 e. The van der Waals surface area contributed by atoms with E-state index in [1.807, 2.05) is 0 Å². The van der Waals surface area contributed by atoms with E-state index in [4.69, 9.17) is 34.8 Å². The van der Waals surface area contributed by atoms with Crippen molar-refractivity contribution >= 4 is 61.2 Å². The molecule has 0 aromatic heterocycles. The Morgan fingerprint density at radius 1 is 1.45 bits per heavy atom. The average molecular weight is 284 g/mol. The van der Waals surface area contributed by atoms with Gasteiger partial charge in [0.15, 0.2) is 0 Å². The molecule has 0 bridgehead atoms. The van der Waals surface area contributed by atoms with Crippen molar-refractivity contribution in [3.63, 3.8) is 0 Å². The second-order valence-electron chi connectivity index (χ2n) is 1.41. The molecule has 66 valence electrons. The lowest BCUT2D eigenvalue weighted by atomic mass is 10.5. The van der Waals surface area contributed by atoms with Crippen LogP contribution < -0.4 is 0 Å². The van der Waals surface area contributed by atoms with Crippen molar-refractivity contribution in [2.45, 2.75) is 12.3 Å². The minimum absolute atomic E-state index is 0.245. The van der Waals surface area contributed by atoms with Gasteiger partial charge in [-0.3, -0.25) is 9.59 Å². The number of halogens is 4. The van der Waals surface area contributed by atoms with Crippen LogP contribution in [0.3, 0.4) is 0 Å². The summed E-state index contributed by atoms with van der Waals surface area (Å²) in [6.07, 6.45) is 0. The number of hydrogen-bond acceptors (Lipinski definition) is 2. The lowest BCUT2D eigenvalue weighted by Gasteiger charge is -1.85. The summed E-state index contributed by atoms with van der Waals surface area (Å²) in [6, 6.07) is 0. The van der Waals surface area contributed by atoms with Gasteiger partial charge in [0, 0.05) is 0 Å². The van der Waals surface area contributed by atoms with Gasteiger partial charge in [-0.05, 0) is 30.1 Å². The van der Waals surface area contributed by atoms with E-state index in [-0.39, 0.29) is 10.6 Å². The quantitative estimate of drug-likeness (QED) is 0.577. The molecule has 0 aliphatic rings. The zero-order valence-electron chi connectivity index (χ0n) is 5.61. The fourth-order valence-electron chi connectivity index (χ4n) is 0. The monoisotopic (exact) mass is 282 g/mol. The first-order valence-corrected chi connectivity index (χ1v) is 4.81. The highest BCUT2D eigenvalue weighted by Crippen LogP contribution is 1.96. The minimum Gasteiger partial charge on any atom is -0.280 e. The third-order valence-corrected chi connectivity index (χ3v) is 2.02. The Bertz CT molecular complexity index is 138. The predicted molar refractivity (Wildman–Crippen MR) is 50.8 cm³/mol. The van der Waals surface area contributed by atoms with Crippen molar-refractivity contribution in [1.29, 1.82) is 0 Å². The normalized spacial score (nSPS) is 11.0. The summed E-state index contributed by atoms with van der Waals surface area (Å²) in [5.41, 5.74) is 0. The number of hydrogen-bond donors (Lipinski definition) is 0. The molecule has 11 heavy (non-hydrogen) atoms. The van der Waals surface area contributed by atoms with Crippen molar-refractivity contribution in [3.05, 3.63) is 0 Å². The number of alkyl halides is 2. The van der Waals surface area contributed by atoms with Crippen molar-refractivity contribution in [1.82, 2.24) is 0 Å². The molecule has 0 aliphatic carbocycles. The number of rotatable bonds is 2. The van der Waals surface area contributed by atoms with E-state index in [9.17, 15) is 9.59 Å². The highest BCUT2D eigenvalue weighted by Gasteiger charge is 2.01. The fraction of sp³-hybridized carbons (Fsp3) is 0.600. The summed E-state index contributed by atoms with van der Waals surface area (Å²) < 4.78 is 0. The molecule has 0 radical (unpaired) electrons. The first kappa shape index (κ1) is 14.2. The first-order valence-electron chi connectivity index (χ1n) is 2.49. The van der Waals surface area contributed by atoms with Crippen molar-refractivity contribution in [2.75, 3.05) is 5.33 Å². The van der Waals surface area contributed by atoms with Crippen molar-refractivity contribution < 1.29 is 9.59 Å². The van der Waals surface area contributed by atoms with Crippen LogP contribution in [0, 0.1) is 0 Å². The third-order valence-electron chi connectivity index (χ3n) is 0.418. The van der Waals surface area contributed by atoms with E-state index < -0.39 is 10.6 Å². The van der Waals surface area contributed by atoms with Crippen LogP contribution in [0.25, 0.3) is 0 Å². The van der Waals surface area contributed by atoms with Gasteiger partial charge in [-0.25, -0.2) is 0 Å². The molecule has 1 atom stereocenters. The van der Waals surface area contributed by atoms with Crippen LogP contribution in [-0.4, -0.2) is 21.2 Å².